The predicted molar refractivity (Wildman–Crippen MR) is 101 cm³/mol. The minimum Gasteiger partial charge on any atom is -0.461 e. The van der Waals surface area contributed by atoms with Crippen LogP contribution in [0.3, 0.4) is 0 Å². The number of nitrogens with zero attached hydrogens (tertiary/aromatic N) is 3. The zero-order valence-corrected chi connectivity index (χ0v) is 14.6. The zero-order valence-electron chi connectivity index (χ0n) is 14.6. The third kappa shape index (κ3) is 7.57. The molecule has 0 atom stereocenters. The molecule has 5 heteroatoms. The molecule has 0 radical (unpaired) electrons. The quantitative estimate of drug-likeness (QED) is 0.154. The first-order valence-electron chi connectivity index (χ1n) is 8.61. The van der Waals surface area contributed by atoms with Crippen LogP contribution in [0.25, 0.3) is 10.4 Å². The fraction of sp³-hybridized carbons (Fsp3) is 0.286. The molecule has 132 valence electrons. The lowest BCUT2D eigenvalue weighted by molar-refractivity contribution is -0.145. The highest BCUT2D eigenvalue weighted by atomic mass is 16.5. The lowest BCUT2D eigenvalue weighted by atomic mass is 10.1. The second-order valence-corrected chi connectivity index (χ2v) is 5.75. The fourth-order valence-corrected chi connectivity index (χ4v) is 2.29. The molecule has 0 bridgehead atoms. The van der Waals surface area contributed by atoms with Gasteiger partial charge < -0.3 is 4.74 Å². The summed E-state index contributed by atoms with van der Waals surface area (Å²) in [5, 5.41) is 3.49. The maximum absolute atomic E-state index is 11.7. The Morgan fingerprint density at radius 1 is 1.04 bits per heavy atom. The molecule has 0 amide bonds. The number of carbonyl (C=O) groups is 1. The number of azide groups is 1. The number of rotatable bonds is 8. The van der Waals surface area contributed by atoms with Crippen molar-refractivity contribution < 1.29 is 9.53 Å². The van der Waals surface area contributed by atoms with Crippen molar-refractivity contribution in [2.24, 2.45) is 5.11 Å². The maximum Gasteiger partial charge on any atom is 0.306 e. The van der Waals surface area contributed by atoms with Gasteiger partial charge in [-0.1, -0.05) is 65.8 Å². The first-order valence-corrected chi connectivity index (χ1v) is 8.61. The second-order valence-electron chi connectivity index (χ2n) is 5.75. The Morgan fingerprint density at radius 2 is 1.81 bits per heavy atom. The average Bonchev–Trinajstić information content (AvgIpc) is 2.68. The van der Waals surface area contributed by atoms with E-state index in [0.29, 0.717) is 12.1 Å². The summed E-state index contributed by atoms with van der Waals surface area (Å²) in [6, 6.07) is 16.9. The minimum atomic E-state index is -0.195. The first-order chi connectivity index (χ1) is 12.8. The molecule has 0 heterocycles. The minimum absolute atomic E-state index is 0.195. The summed E-state index contributed by atoms with van der Waals surface area (Å²) in [5.41, 5.74) is 10.8. The van der Waals surface area contributed by atoms with Crippen LogP contribution < -0.4 is 0 Å². The van der Waals surface area contributed by atoms with Gasteiger partial charge >= 0.3 is 5.97 Å². The monoisotopic (exact) mass is 347 g/mol. The molecule has 2 rings (SSSR count). The van der Waals surface area contributed by atoms with Crippen LogP contribution in [0.2, 0.25) is 0 Å². The molecule has 0 unspecified atom stereocenters. The summed E-state index contributed by atoms with van der Waals surface area (Å²) in [6.07, 6.45) is 4.00. The van der Waals surface area contributed by atoms with E-state index < -0.39 is 0 Å². The van der Waals surface area contributed by atoms with E-state index in [2.05, 4.69) is 21.9 Å². The van der Waals surface area contributed by atoms with Crippen LogP contribution in [0.5, 0.6) is 0 Å². The van der Waals surface area contributed by atoms with Crippen molar-refractivity contribution in [2.75, 3.05) is 0 Å². The van der Waals surface area contributed by atoms with E-state index in [1.807, 2.05) is 30.3 Å². The van der Waals surface area contributed by atoms with Gasteiger partial charge in [-0.05, 0) is 36.1 Å². The number of carbonyl (C=O) groups excluding carboxylic acids is 1. The Morgan fingerprint density at radius 3 is 2.54 bits per heavy atom. The number of benzene rings is 2. The molecule has 0 fully saturated rings. The normalized spacial score (nSPS) is 9.54. The number of ether oxygens (including phenoxy) is 1. The predicted octanol–water partition coefficient (Wildman–Crippen LogP) is 5.67. The molecular formula is C21H21N3O2. The van der Waals surface area contributed by atoms with Gasteiger partial charge in [0.25, 0.3) is 0 Å². The highest BCUT2D eigenvalue weighted by Gasteiger charge is 2.03. The van der Waals surface area contributed by atoms with E-state index >= 15 is 0 Å². The molecule has 0 saturated carbocycles. The Labute approximate surface area is 153 Å². The maximum atomic E-state index is 11.7. The van der Waals surface area contributed by atoms with Gasteiger partial charge in [0.2, 0.25) is 0 Å². The molecule has 5 nitrogen and oxygen atoms in total. The molecule has 2 aromatic carbocycles. The molecule has 0 aliphatic heterocycles. The lowest BCUT2D eigenvalue weighted by Crippen LogP contribution is -2.04. The van der Waals surface area contributed by atoms with Crippen molar-refractivity contribution in [1.82, 2.24) is 0 Å². The Hall–Kier alpha value is -3.22. The van der Waals surface area contributed by atoms with Crippen molar-refractivity contribution in [3.05, 3.63) is 76.2 Å². The summed E-state index contributed by atoms with van der Waals surface area (Å²) in [7, 11) is 0. The topological polar surface area (TPSA) is 75.1 Å². The molecule has 0 spiro atoms. The lowest BCUT2D eigenvalue weighted by Gasteiger charge is -2.05. The van der Waals surface area contributed by atoms with E-state index in [0.717, 1.165) is 36.8 Å². The van der Waals surface area contributed by atoms with Gasteiger partial charge in [0.05, 0.1) is 0 Å². The largest absolute Gasteiger partial charge is 0.461 e. The highest BCUT2D eigenvalue weighted by Crippen LogP contribution is 2.14. The highest BCUT2D eigenvalue weighted by molar-refractivity contribution is 5.69. The fourth-order valence-electron chi connectivity index (χ4n) is 2.29. The third-order valence-corrected chi connectivity index (χ3v) is 3.69. The second kappa shape index (κ2) is 11.4. The van der Waals surface area contributed by atoms with Crippen LogP contribution >= 0.6 is 0 Å². The Kier molecular flexibility index (Phi) is 8.35. The van der Waals surface area contributed by atoms with Crippen molar-refractivity contribution >= 4 is 11.7 Å². The van der Waals surface area contributed by atoms with E-state index in [1.54, 1.807) is 24.3 Å². The summed E-state index contributed by atoms with van der Waals surface area (Å²) in [5.74, 6) is 6.09. The van der Waals surface area contributed by atoms with Crippen LogP contribution in [0.1, 0.15) is 43.2 Å². The number of unbranched alkanes of at least 4 members (excludes halogenated alkanes) is 3. The van der Waals surface area contributed by atoms with Crippen molar-refractivity contribution in [2.45, 2.75) is 38.7 Å². The van der Waals surface area contributed by atoms with E-state index in [4.69, 9.17) is 10.3 Å². The molecule has 26 heavy (non-hydrogen) atoms. The van der Waals surface area contributed by atoms with E-state index in [1.165, 1.54) is 0 Å². The number of hydrogen-bond acceptors (Lipinski definition) is 3. The molecule has 0 aliphatic carbocycles. The summed E-state index contributed by atoms with van der Waals surface area (Å²) >= 11 is 0. The van der Waals surface area contributed by atoms with Gasteiger partial charge in [0, 0.05) is 29.0 Å². The number of hydrogen-bond donors (Lipinski definition) is 0. The van der Waals surface area contributed by atoms with Crippen molar-refractivity contribution in [1.29, 1.82) is 0 Å². The van der Waals surface area contributed by atoms with Gasteiger partial charge in [0.1, 0.15) is 6.61 Å². The zero-order chi connectivity index (χ0) is 18.5. The van der Waals surface area contributed by atoms with Crippen LogP contribution in [-0.4, -0.2) is 5.97 Å². The summed E-state index contributed by atoms with van der Waals surface area (Å²) < 4.78 is 5.24. The molecule has 0 N–H and O–H groups in total. The molecular weight excluding hydrogens is 326 g/mol. The molecule has 2 aromatic rings. The van der Waals surface area contributed by atoms with Crippen LogP contribution in [0.15, 0.2) is 59.7 Å². The number of esters is 1. The molecule has 0 aromatic heterocycles. The first kappa shape index (κ1) is 19.1. The molecule has 0 saturated heterocycles. The van der Waals surface area contributed by atoms with Gasteiger partial charge in [-0.3, -0.25) is 4.79 Å². The smallest absolute Gasteiger partial charge is 0.306 e. The summed E-state index contributed by atoms with van der Waals surface area (Å²) in [4.78, 5) is 14.5. The SMILES string of the molecule is [N-]=[N+]=Nc1ccc(COC(=O)CCCCCC#Cc2ccccc2)cc1. The summed E-state index contributed by atoms with van der Waals surface area (Å²) in [6.45, 7) is 0.234. The van der Waals surface area contributed by atoms with Gasteiger partial charge in [-0.2, -0.15) is 0 Å². The van der Waals surface area contributed by atoms with Crippen LogP contribution in [0.4, 0.5) is 5.69 Å². The Bertz CT molecular complexity index is 799. The van der Waals surface area contributed by atoms with Crippen molar-refractivity contribution in [3.8, 4) is 11.8 Å². The van der Waals surface area contributed by atoms with Gasteiger partial charge in [-0.25, -0.2) is 0 Å². The van der Waals surface area contributed by atoms with Crippen LogP contribution in [-0.2, 0) is 16.1 Å². The van der Waals surface area contributed by atoms with Gasteiger partial charge in [0.15, 0.2) is 0 Å². The standard InChI is InChI=1S/C21H21N3O2/c22-24-23-20-15-13-19(14-16-20)17-26-21(25)12-8-3-1-2-5-9-18-10-6-4-7-11-18/h4,6-7,10-11,13-16H,1-3,8,12,17H2. The van der Waals surface area contributed by atoms with E-state index in [-0.39, 0.29) is 12.6 Å². The average molecular weight is 347 g/mol. The van der Waals surface area contributed by atoms with Crippen LogP contribution in [0, 0.1) is 11.8 Å². The van der Waals surface area contributed by atoms with Crippen molar-refractivity contribution in [3.63, 3.8) is 0 Å². The molecule has 0 aliphatic rings. The Balaban J connectivity index is 1.56. The van der Waals surface area contributed by atoms with Gasteiger partial charge in [-0.15, -0.1) is 0 Å². The van der Waals surface area contributed by atoms with E-state index in [9.17, 15) is 4.79 Å². The third-order valence-electron chi connectivity index (χ3n) is 3.69.